The fourth-order valence-electron chi connectivity index (χ4n) is 0.945. The Morgan fingerprint density at radius 1 is 1.69 bits per heavy atom. The van der Waals surface area contributed by atoms with Crippen LogP contribution in [0.1, 0.15) is 12.5 Å². The van der Waals surface area contributed by atoms with E-state index in [1.165, 1.54) is 10.5 Å². The SMILES string of the molecule is C=CO/C(=C\C)c1csc(SC)c1. The zero-order valence-corrected chi connectivity index (χ0v) is 9.37. The maximum Gasteiger partial charge on any atom is 0.130 e. The third kappa shape index (κ3) is 2.64. The Kier molecular flexibility index (Phi) is 4.12. The number of allylic oxidation sites excluding steroid dienone is 1. The highest BCUT2D eigenvalue weighted by Crippen LogP contribution is 2.28. The molecule has 3 heteroatoms. The van der Waals surface area contributed by atoms with Crippen molar-refractivity contribution in [2.75, 3.05) is 6.26 Å². The minimum atomic E-state index is 0.867. The van der Waals surface area contributed by atoms with E-state index in [1.54, 1.807) is 23.1 Å². The van der Waals surface area contributed by atoms with E-state index in [-0.39, 0.29) is 0 Å². The molecule has 0 aliphatic rings. The summed E-state index contributed by atoms with van der Waals surface area (Å²) in [6.45, 7) is 5.49. The minimum Gasteiger partial charge on any atom is -0.465 e. The molecule has 0 atom stereocenters. The third-order valence-corrected chi connectivity index (χ3v) is 3.56. The quantitative estimate of drug-likeness (QED) is 0.551. The van der Waals surface area contributed by atoms with Crippen LogP contribution in [0, 0.1) is 0 Å². The normalized spacial score (nSPS) is 11.4. The van der Waals surface area contributed by atoms with Crippen molar-refractivity contribution in [1.29, 1.82) is 0 Å². The molecule has 0 amide bonds. The standard InChI is InChI=1S/C10H12OS2/c1-4-9(11-5-2)8-6-10(12-3)13-7-8/h4-7H,2H2,1,3H3/b9-4-. The highest BCUT2D eigenvalue weighted by molar-refractivity contribution is 8.00. The van der Waals surface area contributed by atoms with Crippen LogP contribution < -0.4 is 0 Å². The van der Waals surface area contributed by atoms with E-state index in [4.69, 9.17) is 4.74 Å². The average molecular weight is 212 g/mol. The van der Waals surface area contributed by atoms with Crippen LogP contribution >= 0.6 is 23.1 Å². The van der Waals surface area contributed by atoms with E-state index in [0.29, 0.717) is 0 Å². The van der Waals surface area contributed by atoms with Gasteiger partial charge >= 0.3 is 0 Å². The Labute approximate surface area is 87.1 Å². The summed E-state index contributed by atoms with van der Waals surface area (Å²) in [6.07, 6.45) is 5.46. The van der Waals surface area contributed by atoms with E-state index in [0.717, 1.165) is 11.3 Å². The molecule has 0 N–H and O–H groups in total. The van der Waals surface area contributed by atoms with E-state index in [9.17, 15) is 0 Å². The van der Waals surface area contributed by atoms with E-state index in [1.807, 2.05) is 13.0 Å². The molecule has 70 valence electrons. The highest BCUT2D eigenvalue weighted by Gasteiger charge is 2.03. The molecule has 0 spiro atoms. The van der Waals surface area contributed by atoms with Gasteiger partial charge in [-0.2, -0.15) is 0 Å². The first-order valence-electron chi connectivity index (χ1n) is 3.88. The zero-order valence-electron chi connectivity index (χ0n) is 7.74. The van der Waals surface area contributed by atoms with Crippen LogP contribution in [0.25, 0.3) is 5.76 Å². The van der Waals surface area contributed by atoms with Gasteiger partial charge in [0.25, 0.3) is 0 Å². The third-order valence-electron chi connectivity index (χ3n) is 1.53. The van der Waals surface area contributed by atoms with Crippen molar-refractivity contribution in [3.8, 4) is 0 Å². The van der Waals surface area contributed by atoms with Gasteiger partial charge in [-0.05, 0) is 25.3 Å². The molecule has 0 unspecified atom stereocenters. The molecule has 0 aliphatic carbocycles. The second-order valence-corrected chi connectivity index (χ2v) is 4.31. The Morgan fingerprint density at radius 3 is 2.92 bits per heavy atom. The van der Waals surface area contributed by atoms with Crippen LogP contribution in [-0.4, -0.2) is 6.26 Å². The van der Waals surface area contributed by atoms with Crippen molar-refractivity contribution >= 4 is 28.9 Å². The molecule has 1 heterocycles. The first-order chi connectivity index (χ1) is 6.31. The lowest BCUT2D eigenvalue weighted by Crippen LogP contribution is -1.81. The van der Waals surface area contributed by atoms with Gasteiger partial charge in [0.15, 0.2) is 0 Å². The predicted octanol–water partition coefficient (Wildman–Crippen LogP) is 3.99. The summed E-state index contributed by atoms with van der Waals surface area (Å²) in [6, 6.07) is 2.12. The van der Waals surface area contributed by atoms with Crippen LogP contribution in [0.15, 0.2) is 34.6 Å². The molecule has 0 bridgehead atoms. The Bertz CT molecular complexity index is 312. The van der Waals surface area contributed by atoms with Gasteiger partial charge in [-0.3, -0.25) is 0 Å². The van der Waals surface area contributed by atoms with Gasteiger partial charge in [0.2, 0.25) is 0 Å². The van der Waals surface area contributed by atoms with Crippen molar-refractivity contribution in [2.24, 2.45) is 0 Å². The first kappa shape index (κ1) is 10.4. The first-order valence-corrected chi connectivity index (χ1v) is 5.99. The number of thioether (sulfide) groups is 1. The van der Waals surface area contributed by atoms with Crippen LogP contribution in [0.2, 0.25) is 0 Å². The Morgan fingerprint density at radius 2 is 2.46 bits per heavy atom. The lowest BCUT2D eigenvalue weighted by atomic mass is 10.3. The molecule has 0 radical (unpaired) electrons. The summed E-state index contributed by atoms with van der Waals surface area (Å²) < 4.78 is 6.55. The molecule has 0 saturated heterocycles. The average Bonchev–Trinajstić information content (AvgIpc) is 2.62. The lowest BCUT2D eigenvalue weighted by molar-refractivity contribution is 0.438. The summed E-state index contributed by atoms with van der Waals surface area (Å²) in [5.74, 6) is 0.867. The van der Waals surface area contributed by atoms with Gasteiger partial charge in [-0.1, -0.05) is 6.58 Å². The van der Waals surface area contributed by atoms with Gasteiger partial charge in [0.1, 0.15) is 5.76 Å². The van der Waals surface area contributed by atoms with Gasteiger partial charge in [-0.25, -0.2) is 0 Å². The minimum absolute atomic E-state index is 0.867. The number of hydrogen-bond donors (Lipinski definition) is 0. The maximum atomic E-state index is 5.26. The molecular weight excluding hydrogens is 200 g/mol. The maximum absolute atomic E-state index is 5.26. The molecule has 1 aromatic rings. The molecular formula is C10H12OS2. The smallest absolute Gasteiger partial charge is 0.130 e. The molecule has 0 fully saturated rings. The topological polar surface area (TPSA) is 9.23 Å². The summed E-state index contributed by atoms with van der Waals surface area (Å²) in [7, 11) is 0. The molecule has 0 aliphatic heterocycles. The summed E-state index contributed by atoms with van der Waals surface area (Å²) >= 11 is 3.47. The highest BCUT2D eigenvalue weighted by atomic mass is 32.2. The molecule has 0 saturated carbocycles. The van der Waals surface area contributed by atoms with Crippen LogP contribution in [0.3, 0.4) is 0 Å². The fourth-order valence-corrected chi connectivity index (χ4v) is 2.34. The predicted molar refractivity (Wildman–Crippen MR) is 61.0 cm³/mol. The second kappa shape index (κ2) is 5.14. The van der Waals surface area contributed by atoms with E-state index in [2.05, 4.69) is 24.3 Å². The summed E-state index contributed by atoms with van der Waals surface area (Å²) in [4.78, 5) is 0. The zero-order chi connectivity index (χ0) is 9.68. The molecule has 13 heavy (non-hydrogen) atoms. The fraction of sp³-hybridized carbons (Fsp3) is 0.200. The van der Waals surface area contributed by atoms with Crippen molar-refractivity contribution < 1.29 is 4.74 Å². The van der Waals surface area contributed by atoms with Crippen LogP contribution in [0.5, 0.6) is 0 Å². The monoisotopic (exact) mass is 212 g/mol. The van der Waals surface area contributed by atoms with Crippen molar-refractivity contribution in [3.05, 3.63) is 35.9 Å². The number of thiophene rings is 1. The lowest BCUT2D eigenvalue weighted by Gasteiger charge is -2.01. The molecule has 1 aromatic heterocycles. The van der Waals surface area contributed by atoms with Gasteiger partial charge in [0, 0.05) is 10.9 Å². The molecule has 0 aromatic carbocycles. The van der Waals surface area contributed by atoms with Crippen molar-refractivity contribution in [3.63, 3.8) is 0 Å². The summed E-state index contributed by atoms with van der Waals surface area (Å²) in [5, 5.41) is 2.09. The van der Waals surface area contributed by atoms with Crippen molar-refractivity contribution in [1.82, 2.24) is 0 Å². The van der Waals surface area contributed by atoms with Crippen molar-refractivity contribution in [2.45, 2.75) is 11.1 Å². The largest absolute Gasteiger partial charge is 0.465 e. The van der Waals surface area contributed by atoms with Gasteiger partial charge in [0.05, 0.1) is 10.5 Å². The molecule has 1 rings (SSSR count). The number of rotatable bonds is 4. The Balaban J connectivity index is 2.85. The summed E-state index contributed by atoms with van der Waals surface area (Å²) in [5.41, 5.74) is 1.12. The van der Waals surface area contributed by atoms with Crippen LogP contribution in [0.4, 0.5) is 0 Å². The second-order valence-electron chi connectivity index (χ2n) is 2.30. The number of hydrogen-bond acceptors (Lipinski definition) is 3. The van der Waals surface area contributed by atoms with E-state index < -0.39 is 0 Å². The molecule has 1 nitrogen and oxygen atoms in total. The van der Waals surface area contributed by atoms with E-state index >= 15 is 0 Å². The van der Waals surface area contributed by atoms with Crippen LogP contribution in [-0.2, 0) is 4.74 Å². The Hall–Kier alpha value is -0.670. The van der Waals surface area contributed by atoms with Gasteiger partial charge < -0.3 is 4.74 Å². The van der Waals surface area contributed by atoms with Gasteiger partial charge in [-0.15, -0.1) is 23.1 Å². The number of ether oxygens (including phenoxy) is 1.